The summed E-state index contributed by atoms with van der Waals surface area (Å²) in [5.41, 5.74) is 0.425. The molecule has 2 rings (SSSR count). The summed E-state index contributed by atoms with van der Waals surface area (Å²) in [4.78, 5) is 38.5. The molecule has 0 aliphatic carbocycles. The average molecular weight is 318 g/mol. The molecule has 0 aromatic heterocycles. The molecule has 0 saturated carbocycles. The maximum absolute atomic E-state index is 11.9. The Kier molecular flexibility index (Phi) is 4.39. The molecule has 0 fully saturated rings. The van der Waals surface area contributed by atoms with Gasteiger partial charge in [-0.1, -0.05) is 0 Å². The van der Waals surface area contributed by atoms with Crippen LogP contribution in [0.1, 0.15) is 12.5 Å². The zero-order valence-corrected chi connectivity index (χ0v) is 12.7. The highest BCUT2D eigenvalue weighted by molar-refractivity contribution is 6.15. The summed E-state index contributed by atoms with van der Waals surface area (Å²) in [5.74, 6) is -0.517. The second-order valence-electron chi connectivity index (χ2n) is 4.73. The summed E-state index contributed by atoms with van der Waals surface area (Å²) in [6, 6.07) is 4.14. The zero-order chi connectivity index (χ0) is 17.1. The van der Waals surface area contributed by atoms with Gasteiger partial charge >= 0.3 is 0 Å². The van der Waals surface area contributed by atoms with Crippen molar-refractivity contribution in [2.24, 2.45) is 4.99 Å². The Morgan fingerprint density at radius 1 is 1.43 bits per heavy atom. The number of benzene rings is 1. The second kappa shape index (κ2) is 6.26. The molecule has 1 N–H and O–H groups in total. The van der Waals surface area contributed by atoms with E-state index in [4.69, 9.17) is 4.74 Å². The van der Waals surface area contributed by atoms with E-state index in [-0.39, 0.29) is 23.3 Å². The number of aliphatic imine (C=N–C) groups is 1. The molecule has 0 radical (unpaired) electrons. The maximum Gasteiger partial charge on any atom is 0.296 e. The molecule has 0 saturated heterocycles. The largest absolute Gasteiger partial charge is 0.496 e. The molecule has 1 heterocycles. The number of rotatable bonds is 3. The number of nitro benzene ring substituents is 1. The van der Waals surface area contributed by atoms with E-state index in [9.17, 15) is 19.7 Å². The van der Waals surface area contributed by atoms with Crippen LogP contribution in [0.15, 0.2) is 28.9 Å². The predicted octanol–water partition coefficient (Wildman–Crippen LogP) is 0.908. The summed E-state index contributed by atoms with van der Waals surface area (Å²) >= 11 is 0. The number of carbonyl (C=O) groups is 2. The molecule has 1 aromatic carbocycles. The molecule has 9 heteroatoms. The van der Waals surface area contributed by atoms with Crippen LogP contribution in [-0.4, -0.2) is 41.8 Å². The van der Waals surface area contributed by atoms with Crippen molar-refractivity contribution in [3.05, 3.63) is 39.6 Å². The van der Waals surface area contributed by atoms with Crippen molar-refractivity contribution in [3.8, 4) is 5.75 Å². The van der Waals surface area contributed by atoms with Crippen LogP contribution in [0.4, 0.5) is 5.69 Å². The minimum atomic E-state index is -0.554. The Hall–Kier alpha value is -3.23. The van der Waals surface area contributed by atoms with Crippen LogP contribution in [0.5, 0.6) is 5.75 Å². The smallest absolute Gasteiger partial charge is 0.296 e. The number of nitrogens with zero attached hydrogens (tertiary/aromatic N) is 3. The maximum atomic E-state index is 11.9. The minimum Gasteiger partial charge on any atom is -0.496 e. The summed E-state index contributed by atoms with van der Waals surface area (Å²) in [7, 11) is 2.95. The minimum absolute atomic E-state index is 0.103. The standard InChI is InChI=1S/C14H14N4O5/c1-8(19)15-14-16-13(20)12(17(14)2)6-9-4-10(18(21)22)7-11(5-9)23-3/h4-7H,1-3H3,(H,15,16,19,20)/b12-6-. The monoisotopic (exact) mass is 318 g/mol. The molecule has 23 heavy (non-hydrogen) atoms. The van der Waals surface area contributed by atoms with Gasteiger partial charge in [-0.25, -0.2) is 0 Å². The van der Waals surface area contributed by atoms with Crippen molar-refractivity contribution in [2.75, 3.05) is 14.2 Å². The number of ether oxygens (including phenoxy) is 1. The summed E-state index contributed by atoms with van der Waals surface area (Å²) in [5, 5.41) is 13.4. The number of likely N-dealkylation sites (N-methyl/N-ethyl adjacent to an activating group) is 1. The first-order chi connectivity index (χ1) is 10.8. The number of nitro groups is 1. The van der Waals surface area contributed by atoms with Gasteiger partial charge in [0.2, 0.25) is 11.9 Å². The fourth-order valence-corrected chi connectivity index (χ4v) is 1.98. The number of carbonyl (C=O) groups excluding carboxylic acids is 2. The SMILES string of the molecule is COc1cc(/C=C2/C(=O)N=C(NC(C)=O)N2C)cc([N+](=O)[O-])c1. The first-order valence-electron chi connectivity index (χ1n) is 6.51. The van der Waals surface area contributed by atoms with Crippen molar-refractivity contribution < 1.29 is 19.2 Å². The summed E-state index contributed by atoms with van der Waals surface area (Å²) < 4.78 is 5.02. The summed E-state index contributed by atoms with van der Waals surface area (Å²) in [6.07, 6.45) is 1.44. The Labute approximate surface area is 131 Å². The highest BCUT2D eigenvalue weighted by atomic mass is 16.6. The Balaban J connectivity index is 2.39. The third-order valence-electron chi connectivity index (χ3n) is 3.06. The second-order valence-corrected chi connectivity index (χ2v) is 4.73. The summed E-state index contributed by atoms with van der Waals surface area (Å²) in [6.45, 7) is 1.30. The molecule has 1 aliphatic heterocycles. The van der Waals surface area contributed by atoms with Crippen LogP contribution in [0.2, 0.25) is 0 Å². The van der Waals surface area contributed by atoms with E-state index < -0.39 is 10.8 Å². The van der Waals surface area contributed by atoms with Crippen molar-refractivity contribution in [2.45, 2.75) is 6.92 Å². The lowest BCUT2D eigenvalue weighted by Gasteiger charge is -2.14. The lowest BCUT2D eigenvalue weighted by atomic mass is 10.1. The van der Waals surface area contributed by atoms with Crippen molar-refractivity contribution in [1.82, 2.24) is 10.2 Å². The van der Waals surface area contributed by atoms with Crippen LogP contribution in [0.25, 0.3) is 6.08 Å². The van der Waals surface area contributed by atoms with Gasteiger partial charge in [0, 0.05) is 20.0 Å². The van der Waals surface area contributed by atoms with Crippen LogP contribution >= 0.6 is 0 Å². The van der Waals surface area contributed by atoms with Gasteiger partial charge in [-0.05, 0) is 17.7 Å². The lowest BCUT2D eigenvalue weighted by Crippen LogP contribution is -2.37. The van der Waals surface area contributed by atoms with Gasteiger partial charge in [0.25, 0.3) is 11.6 Å². The topological polar surface area (TPSA) is 114 Å². The number of amides is 2. The quantitative estimate of drug-likeness (QED) is 0.503. The number of methoxy groups -OCH3 is 1. The van der Waals surface area contributed by atoms with E-state index in [1.54, 1.807) is 13.1 Å². The number of non-ortho nitro benzene ring substituents is 1. The highest BCUT2D eigenvalue weighted by Gasteiger charge is 2.27. The Bertz CT molecular complexity index is 754. The number of nitrogens with one attached hydrogen (secondary N) is 1. The van der Waals surface area contributed by atoms with Gasteiger partial charge in [-0.15, -0.1) is 0 Å². The van der Waals surface area contributed by atoms with Gasteiger partial charge in [0.15, 0.2) is 0 Å². The number of hydrogen-bond acceptors (Lipinski definition) is 6. The molecular weight excluding hydrogens is 304 g/mol. The van der Waals surface area contributed by atoms with Gasteiger partial charge < -0.3 is 9.64 Å². The van der Waals surface area contributed by atoms with Crippen molar-refractivity contribution in [3.63, 3.8) is 0 Å². The fourth-order valence-electron chi connectivity index (χ4n) is 1.98. The fraction of sp³-hybridized carbons (Fsp3) is 0.214. The normalized spacial score (nSPS) is 15.6. The number of hydrogen-bond donors (Lipinski definition) is 1. The molecule has 2 amide bonds. The molecular formula is C14H14N4O5. The van der Waals surface area contributed by atoms with Crippen LogP contribution in [0, 0.1) is 10.1 Å². The molecule has 120 valence electrons. The van der Waals surface area contributed by atoms with Gasteiger partial charge in [-0.2, -0.15) is 4.99 Å². The first-order valence-corrected chi connectivity index (χ1v) is 6.51. The molecule has 1 aliphatic rings. The van der Waals surface area contributed by atoms with E-state index in [2.05, 4.69) is 10.3 Å². The third-order valence-corrected chi connectivity index (χ3v) is 3.06. The van der Waals surface area contributed by atoms with E-state index >= 15 is 0 Å². The first kappa shape index (κ1) is 16.1. The predicted molar refractivity (Wildman–Crippen MR) is 81.6 cm³/mol. The zero-order valence-electron chi connectivity index (χ0n) is 12.7. The van der Waals surface area contributed by atoms with E-state index in [1.807, 2.05) is 0 Å². The van der Waals surface area contributed by atoms with E-state index in [0.29, 0.717) is 11.3 Å². The molecule has 9 nitrogen and oxygen atoms in total. The third kappa shape index (κ3) is 3.51. The molecule has 0 unspecified atom stereocenters. The average Bonchev–Trinajstić information content (AvgIpc) is 2.73. The van der Waals surface area contributed by atoms with Crippen LogP contribution in [-0.2, 0) is 9.59 Å². The lowest BCUT2D eigenvalue weighted by molar-refractivity contribution is -0.384. The van der Waals surface area contributed by atoms with E-state index in [0.717, 1.165) is 0 Å². The van der Waals surface area contributed by atoms with Gasteiger partial charge in [-0.3, -0.25) is 25.0 Å². The Morgan fingerprint density at radius 2 is 2.13 bits per heavy atom. The number of guanidine groups is 1. The van der Waals surface area contributed by atoms with Crippen molar-refractivity contribution in [1.29, 1.82) is 0 Å². The molecule has 0 atom stereocenters. The van der Waals surface area contributed by atoms with Gasteiger partial charge in [0.05, 0.1) is 18.1 Å². The van der Waals surface area contributed by atoms with Crippen LogP contribution < -0.4 is 10.1 Å². The molecule has 0 spiro atoms. The van der Waals surface area contributed by atoms with Crippen molar-refractivity contribution >= 4 is 29.5 Å². The van der Waals surface area contributed by atoms with Crippen LogP contribution in [0.3, 0.4) is 0 Å². The highest BCUT2D eigenvalue weighted by Crippen LogP contribution is 2.25. The Morgan fingerprint density at radius 3 is 2.70 bits per heavy atom. The molecule has 1 aromatic rings. The molecule has 0 bridgehead atoms. The van der Waals surface area contributed by atoms with E-state index in [1.165, 1.54) is 37.1 Å². The van der Waals surface area contributed by atoms with Gasteiger partial charge in [0.1, 0.15) is 11.4 Å².